The average Bonchev–Trinajstić information content (AvgIpc) is 2.10. The van der Waals surface area contributed by atoms with E-state index >= 15 is 0 Å². The summed E-state index contributed by atoms with van der Waals surface area (Å²) in [6, 6.07) is 5.57. The van der Waals surface area contributed by atoms with E-state index in [2.05, 4.69) is 5.32 Å². The van der Waals surface area contributed by atoms with E-state index in [1.807, 2.05) is 13.0 Å². The van der Waals surface area contributed by atoms with E-state index in [-0.39, 0.29) is 6.04 Å². The van der Waals surface area contributed by atoms with Crippen molar-refractivity contribution in [2.45, 2.75) is 19.4 Å². The van der Waals surface area contributed by atoms with Gasteiger partial charge in [-0.25, -0.2) is 0 Å². The zero-order valence-electron chi connectivity index (χ0n) is 8.26. The van der Waals surface area contributed by atoms with Gasteiger partial charge in [0.15, 0.2) is 0 Å². The maximum absolute atomic E-state index is 5.88. The molecule has 1 unspecified atom stereocenters. The first-order valence-corrected chi connectivity index (χ1v) is 5.65. The van der Waals surface area contributed by atoms with Gasteiger partial charge in [0.2, 0.25) is 0 Å². The number of nitrogens with two attached hydrogens (primary N) is 1. The summed E-state index contributed by atoms with van der Waals surface area (Å²) < 4.78 is 0. The standard InChI is InChI=1S/C10H12Cl2N2S/c1-6(4-10(13)15)14-7-2-3-8(11)9(12)5-7/h2-3,5-6,14H,4H2,1H3,(H2,13,15). The molecule has 0 spiro atoms. The van der Waals surface area contributed by atoms with Gasteiger partial charge >= 0.3 is 0 Å². The second-order valence-electron chi connectivity index (χ2n) is 3.34. The maximum Gasteiger partial charge on any atom is 0.0747 e. The maximum atomic E-state index is 5.88. The van der Waals surface area contributed by atoms with Crippen LogP contribution in [0.4, 0.5) is 5.69 Å². The highest BCUT2D eigenvalue weighted by Crippen LogP contribution is 2.25. The van der Waals surface area contributed by atoms with Crippen molar-refractivity contribution in [1.29, 1.82) is 0 Å². The molecule has 0 amide bonds. The molecule has 82 valence electrons. The smallest absolute Gasteiger partial charge is 0.0747 e. The number of rotatable bonds is 4. The summed E-state index contributed by atoms with van der Waals surface area (Å²) in [6.45, 7) is 2.00. The van der Waals surface area contributed by atoms with Crippen molar-refractivity contribution >= 4 is 46.1 Å². The normalized spacial score (nSPS) is 12.2. The molecule has 0 fully saturated rings. The lowest BCUT2D eigenvalue weighted by atomic mass is 10.2. The highest BCUT2D eigenvalue weighted by atomic mass is 35.5. The minimum atomic E-state index is 0.180. The summed E-state index contributed by atoms with van der Waals surface area (Å²) in [4.78, 5) is 0.495. The van der Waals surface area contributed by atoms with Gasteiger partial charge in [-0.15, -0.1) is 0 Å². The van der Waals surface area contributed by atoms with Gasteiger partial charge in [-0.2, -0.15) is 0 Å². The quantitative estimate of drug-likeness (QED) is 0.817. The molecular formula is C10H12Cl2N2S. The Balaban J connectivity index is 2.64. The fourth-order valence-electron chi connectivity index (χ4n) is 1.22. The minimum absolute atomic E-state index is 0.180. The third-order valence-corrected chi connectivity index (χ3v) is 2.75. The molecule has 3 N–H and O–H groups in total. The van der Waals surface area contributed by atoms with E-state index in [0.717, 1.165) is 5.69 Å². The van der Waals surface area contributed by atoms with Gasteiger partial charge in [0, 0.05) is 18.2 Å². The first-order chi connectivity index (χ1) is 6.99. The molecule has 2 nitrogen and oxygen atoms in total. The van der Waals surface area contributed by atoms with Crippen molar-refractivity contribution in [3.63, 3.8) is 0 Å². The van der Waals surface area contributed by atoms with Crippen LogP contribution in [0, 0.1) is 0 Å². The number of halogens is 2. The Morgan fingerprint density at radius 1 is 1.47 bits per heavy atom. The Morgan fingerprint density at radius 2 is 2.13 bits per heavy atom. The fourth-order valence-corrected chi connectivity index (χ4v) is 1.77. The largest absolute Gasteiger partial charge is 0.393 e. The van der Waals surface area contributed by atoms with E-state index in [9.17, 15) is 0 Å². The molecule has 1 rings (SSSR count). The first kappa shape index (κ1) is 12.6. The first-order valence-electron chi connectivity index (χ1n) is 4.49. The average molecular weight is 263 g/mol. The van der Waals surface area contributed by atoms with Crippen molar-refractivity contribution in [3.8, 4) is 0 Å². The lowest BCUT2D eigenvalue weighted by Gasteiger charge is -2.14. The van der Waals surface area contributed by atoms with Crippen molar-refractivity contribution in [2.75, 3.05) is 5.32 Å². The molecule has 0 bridgehead atoms. The van der Waals surface area contributed by atoms with Crippen LogP contribution in [0.3, 0.4) is 0 Å². The summed E-state index contributed by atoms with van der Waals surface area (Å²) >= 11 is 16.5. The number of hydrogen-bond donors (Lipinski definition) is 2. The van der Waals surface area contributed by atoms with Crippen LogP contribution in [0.25, 0.3) is 0 Å². The Hall–Kier alpha value is -0.510. The van der Waals surface area contributed by atoms with Crippen LogP contribution < -0.4 is 11.1 Å². The summed E-state index contributed by atoms with van der Waals surface area (Å²) in [5, 5.41) is 4.31. The van der Waals surface area contributed by atoms with E-state index in [4.69, 9.17) is 41.2 Å². The predicted molar refractivity (Wildman–Crippen MR) is 70.9 cm³/mol. The molecule has 0 aliphatic rings. The van der Waals surface area contributed by atoms with Gasteiger partial charge in [0.05, 0.1) is 15.0 Å². The number of thiocarbonyl (C=S) groups is 1. The number of benzene rings is 1. The topological polar surface area (TPSA) is 38.0 Å². The number of hydrogen-bond acceptors (Lipinski definition) is 2. The molecule has 1 aromatic carbocycles. The fraction of sp³-hybridized carbons (Fsp3) is 0.300. The lowest BCUT2D eigenvalue weighted by Crippen LogP contribution is -2.22. The summed E-state index contributed by atoms with van der Waals surface area (Å²) in [7, 11) is 0. The second kappa shape index (κ2) is 5.54. The monoisotopic (exact) mass is 262 g/mol. The highest BCUT2D eigenvalue weighted by molar-refractivity contribution is 7.80. The molecule has 0 aromatic heterocycles. The molecule has 0 heterocycles. The molecule has 0 radical (unpaired) electrons. The lowest BCUT2D eigenvalue weighted by molar-refractivity contribution is 0.839. The molecule has 0 aliphatic carbocycles. The molecule has 1 aromatic rings. The number of anilines is 1. The Kier molecular flexibility index (Phi) is 4.64. The van der Waals surface area contributed by atoms with Gasteiger partial charge in [-0.05, 0) is 25.1 Å². The minimum Gasteiger partial charge on any atom is -0.393 e. The third-order valence-electron chi connectivity index (χ3n) is 1.84. The summed E-state index contributed by atoms with van der Waals surface area (Å²) in [6.07, 6.45) is 0.648. The number of nitrogens with one attached hydrogen (secondary N) is 1. The van der Waals surface area contributed by atoms with Crippen molar-refractivity contribution in [2.24, 2.45) is 5.73 Å². The van der Waals surface area contributed by atoms with Crippen LogP contribution in [0.15, 0.2) is 18.2 Å². The Morgan fingerprint density at radius 3 is 2.67 bits per heavy atom. The molecule has 0 saturated carbocycles. The molecule has 5 heteroatoms. The molecule has 0 aliphatic heterocycles. The van der Waals surface area contributed by atoms with Gasteiger partial charge < -0.3 is 11.1 Å². The van der Waals surface area contributed by atoms with Crippen LogP contribution in [-0.4, -0.2) is 11.0 Å². The summed E-state index contributed by atoms with van der Waals surface area (Å²) in [5.41, 5.74) is 6.36. The SMILES string of the molecule is CC(CC(N)=S)Nc1ccc(Cl)c(Cl)c1. The van der Waals surface area contributed by atoms with E-state index in [0.29, 0.717) is 21.5 Å². The van der Waals surface area contributed by atoms with E-state index in [1.54, 1.807) is 12.1 Å². The Bertz CT molecular complexity index is 368. The third kappa shape index (κ3) is 4.24. The van der Waals surface area contributed by atoms with Crippen molar-refractivity contribution < 1.29 is 0 Å². The zero-order valence-corrected chi connectivity index (χ0v) is 10.6. The molecule has 1 atom stereocenters. The molecule has 0 saturated heterocycles. The van der Waals surface area contributed by atoms with Gasteiger partial charge in [-0.3, -0.25) is 0 Å². The van der Waals surface area contributed by atoms with Crippen LogP contribution in [0.1, 0.15) is 13.3 Å². The Labute approximate surface area is 105 Å². The molecule has 15 heavy (non-hydrogen) atoms. The van der Waals surface area contributed by atoms with Gasteiger partial charge in [0.1, 0.15) is 0 Å². The van der Waals surface area contributed by atoms with Crippen LogP contribution in [0.2, 0.25) is 10.0 Å². The predicted octanol–water partition coefficient (Wildman–Crippen LogP) is 3.47. The van der Waals surface area contributed by atoms with Gasteiger partial charge in [0.25, 0.3) is 0 Å². The van der Waals surface area contributed by atoms with Gasteiger partial charge in [-0.1, -0.05) is 35.4 Å². The van der Waals surface area contributed by atoms with Crippen LogP contribution in [0.5, 0.6) is 0 Å². The summed E-state index contributed by atoms with van der Waals surface area (Å²) in [5.74, 6) is 0. The molecular weight excluding hydrogens is 251 g/mol. The van der Waals surface area contributed by atoms with Crippen molar-refractivity contribution in [3.05, 3.63) is 28.2 Å². The highest BCUT2D eigenvalue weighted by Gasteiger charge is 2.05. The van der Waals surface area contributed by atoms with Crippen LogP contribution in [-0.2, 0) is 0 Å². The zero-order chi connectivity index (χ0) is 11.4. The van der Waals surface area contributed by atoms with E-state index in [1.165, 1.54) is 0 Å². The van der Waals surface area contributed by atoms with Crippen LogP contribution >= 0.6 is 35.4 Å². The van der Waals surface area contributed by atoms with E-state index < -0.39 is 0 Å². The second-order valence-corrected chi connectivity index (χ2v) is 4.68. The van der Waals surface area contributed by atoms with Crippen molar-refractivity contribution in [1.82, 2.24) is 0 Å².